The van der Waals surface area contributed by atoms with Gasteiger partial charge in [0.1, 0.15) is 5.82 Å². The molecule has 92 valence electrons. The Balaban J connectivity index is 2.50. The van der Waals surface area contributed by atoms with Gasteiger partial charge in [0.25, 0.3) is 0 Å². The standard InChI is InChI=1S/C8H10N4O5/c1-2-17-8(16)12-7(15)11-4-3-9-5(10-4)6(13)14/h3H,2H2,1H3,(H,9,10)(H,13,14)(H2,11,12,15,16). The molecule has 4 N–H and O–H groups in total. The van der Waals surface area contributed by atoms with E-state index in [4.69, 9.17) is 5.11 Å². The number of aromatic carboxylic acids is 1. The molecule has 9 nitrogen and oxygen atoms in total. The summed E-state index contributed by atoms with van der Waals surface area (Å²) in [6, 6.07) is -0.857. The zero-order chi connectivity index (χ0) is 12.8. The maximum Gasteiger partial charge on any atom is 0.415 e. The molecule has 0 bridgehead atoms. The number of imidazole rings is 1. The van der Waals surface area contributed by atoms with Crippen LogP contribution in [-0.2, 0) is 4.74 Å². The Hall–Kier alpha value is -2.58. The number of nitrogens with zero attached hydrogens (tertiary/aromatic N) is 1. The number of urea groups is 1. The highest BCUT2D eigenvalue weighted by atomic mass is 16.5. The predicted octanol–water partition coefficient (Wildman–Crippen LogP) is 0.386. The lowest BCUT2D eigenvalue weighted by atomic mass is 10.6. The Kier molecular flexibility index (Phi) is 4.03. The molecule has 0 aliphatic heterocycles. The molecule has 1 heterocycles. The Bertz CT molecular complexity index is 441. The Morgan fingerprint density at radius 2 is 2.24 bits per heavy atom. The second kappa shape index (κ2) is 5.49. The third kappa shape index (κ3) is 3.81. The second-order valence-electron chi connectivity index (χ2n) is 2.75. The number of carboxylic acid groups (broad SMARTS) is 1. The summed E-state index contributed by atoms with van der Waals surface area (Å²) in [6.07, 6.45) is 0.205. The Labute approximate surface area is 95.2 Å². The minimum Gasteiger partial charge on any atom is -0.475 e. The van der Waals surface area contributed by atoms with Crippen LogP contribution < -0.4 is 10.6 Å². The third-order valence-electron chi connectivity index (χ3n) is 1.52. The molecule has 0 fully saturated rings. The number of hydrogen-bond donors (Lipinski definition) is 4. The van der Waals surface area contributed by atoms with E-state index in [2.05, 4.69) is 20.0 Å². The summed E-state index contributed by atoms with van der Waals surface area (Å²) in [5, 5.41) is 12.6. The van der Waals surface area contributed by atoms with Gasteiger partial charge in [0.15, 0.2) is 0 Å². The lowest BCUT2D eigenvalue weighted by molar-refractivity contribution is 0.0684. The maximum atomic E-state index is 11.2. The average Bonchev–Trinajstić information content (AvgIpc) is 2.66. The van der Waals surface area contributed by atoms with Crippen molar-refractivity contribution in [3.05, 3.63) is 12.0 Å². The highest BCUT2D eigenvalue weighted by molar-refractivity contribution is 5.98. The summed E-state index contributed by atoms with van der Waals surface area (Å²) in [5.74, 6) is -1.54. The fourth-order valence-electron chi connectivity index (χ4n) is 0.907. The Morgan fingerprint density at radius 1 is 1.53 bits per heavy atom. The van der Waals surface area contributed by atoms with Crippen LogP contribution in [-0.4, -0.2) is 39.8 Å². The number of carbonyl (C=O) groups is 3. The van der Waals surface area contributed by atoms with Gasteiger partial charge in [-0.1, -0.05) is 0 Å². The lowest BCUT2D eigenvalue weighted by Crippen LogP contribution is -2.34. The summed E-state index contributed by atoms with van der Waals surface area (Å²) in [5.41, 5.74) is 0. The molecule has 9 heteroatoms. The van der Waals surface area contributed by atoms with Crippen LogP contribution in [0.4, 0.5) is 15.4 Å². The minimum absolute atomic E-state index is 0.0456. The summed E-state index contributed by atoms with van der Waals surface area (Å²) >= 11 is 0. The van der Waals surface area contributed by atoms with E-state index in [-0.39, 0.29) is 18.2 Å². The third-order valence-corrected chi connectivity index (χ3v) is 1.52. The fraction of sp³-hybridized carbons (Fsp3) is 0.250. The van der Waals surface area contributed by atoms with Crippen molar-refractivity contribution >= 4 is 23.9 Å². The van der Waals surface area contributed by atoms with Gasteiger partial charge in [-0.3, -0.25) is 5.32 Å². The summed E-state index contributed by atoms with van der Waals surface area (Å²) in [4.78, 5) is 38.3. The van der Waals surface area contributed by atoms with Crippen molar-refractivity contribution in [1.82, 2.24) is 15.3 Å². The normalized spacial score (nSPS) is 9.47. The molecule has 0 spiro atoms. The number of imide groups is 1. The molecule has 3 amide bonds. The number of aromatic nitrogens is 2. The molecular weight excluding hydrogens is 232 g/mol. The monoisotopic (exact) mass is 242 g/mol. The molecule has 1 aromatic rings. The van der Waals surface area contributed by atoms with E-state index in [0.717, 1.165) is 6.20 Å². The number of carbonyl (C=O) groups excluding carboxylic acids is 2. The van der Waals surface area contributed by atoms with E-state index >= 15 is 0 Å². The van der Waals surface area contributed by atoms with Crippen LogP contribution in [0.5, 0.6) is 0 Å². The average molecular weight is 242 g/mol. The van der Waals surface area contributed by atoms with Crippen LogP contribution in [0, 0.1) is 0 Å². The minimum atomic E-state index is -1.26. The lowest BCUT2D eigenvalue weighted by Gasteiger charge is -2.04. The predicted molar refractivity (Wildman–Crippen MR) is 54.7 cm³/mol. The van der Waals surface area contributed by atoms with Crippen molar-refractivity contribution < 1.29 is 24.2 Å². The zero-order valence-electron chi connectivity index (χ0n) is 8.81. The number of nitrogens with one attached hydrogen (secondary N) is 3. The van der Waals surface area contributed by atoms with Crippen molar-refractivity contribution in [1.29, 1.82) is 0 Å². The van der Waals surface area contributed by atoms with E-state index < -0.39 is 18.1 Å². The first-order valence-corrected chi connectivity index (χ1v) is 4.56. The highest BCUT2D eigenvalue weighted by Crippen LogP contribution is 2.02. The van der Waals surface area contributed by atoms with Gasteiger partial charge < -0.3 is 14.8 Å². The molecule has 0 aliphatic carbocycles. The summed E-state index contributed by atoms with van der Waals surface area (Å²) in [7, 11) is 0. The van der Waals surface area contributed by atoms with E-state index in [9.17, 15) is 14.4 Å². The van der Waals surface area contributed by atoms with Crippen LogP contribution >= 0.6 is 0 Å². The number of amides is 3. The van der Waals surface area contributed by atoms with Gasteiger partial charge in [0, 0.05) is 0 Å². The quantitative estimate of drug-likeness (QED) is 0.605. The van der Waals surface area contributed by atoms with Crippen LogP contribution in [0.3, 0.4) is 0 Å². The van der Waals surface area contributed by atoms with E-state index in [1.807, 2.05) is 5.32 Å². The number of alkyl carbamates (subject to hydrolysis) is 1. The second-order valence-corrected chi connectivity index (χ2v) is 2.75. The van der Waals surface area contributed by atoms with E-state index in [1.165, 1.54) is 0 Å². The highest BCUT2D eigenvalue weighted by Gasteiger charge is 2.11. The van der Waals surface area contributed by atoms with Gasteiger partial charge in [-0.15, -0.1) is 0 Å². The maximum absolute atomic E-state index is 11.2. The van der Waals surface area contributed by atoms with E-state index in [0.29, 0.717) is 0 Å². The van der Waals surface area contributed by atoms with Crippen LogP contribution in [0.25, 0.3) is 0 Å². The van der Waals surface area contributed by atoms with Gasteiger partial charge in [0.2, 0.25) is 5.82 Å². The molecule has 1 aromatic heterocycles. The molecular formula is C8H10N4O5. The first-order valence-electron chi connectivity index (χ1n) is 4.56. The number of H-pyrrole nitrogens is 1. The number of carboxylic acids is 1. The summed E-state index contributed by atoms with van der Waals surface area (Å²) in [6.45, 7) is 1.72. The number of aromatic amines is 1. The van der Waals surface area contributed by atoms with Gasteiger partial charge in [-0.2, -0.15) is 0 Å². The van der Waals surface area contributed by atoms with Crippen molar-refractivity contribution in [3.8, 4) is 0 Å². The molecule has 0 saturated carbocycles. The number of anilines is 1. The fourth-order valence-corrected chi connectivity index (χ4v) is 0.907. The number of rotatable bonds is 3. The van der Waals surface area contributed by atoms with Gasteiger partial charge in [-0.05, 0) is 6.92 Å². The van der Waals surface area contributed by atoms with Gasteiger partial charge in [0.05, 0.1) is 12.8 Å². The van der Waals surface area contributed by atoms with Crippen molar-refractivity contribution in [3.63, 3.8) is 0 Å². The largest absolute Gasteiger partial charge is 0.475 e. The molecule has 1 rings (SSSR count). The number of ether oxygens (including phenoxy) is 1. The van der Waals surface area contributed by atoms with Crippen molar-refractivity contribution in [2.24, 2.45) is 0 Å². The van der Waals surface area contributed by atoms with Crippen LogP contribution in [0.1, 0.15) is 17.5 Å². The molecule has 0 aliphatic rings. The molecule has 0 radical (unpaired) electrons. The van der Waals surface area contributed by atoms with Crippen molar-refractivity contribution in [2.45, 2.75) is 6.92 Å². The first-order chi connectivity index (χ1) is 8.02. The molecule has 17 heavy (non-hydrogen) atoms. The molecule has 0 saturated heterocycles. The number of hydrogen-bond acceptors (Lipinski definition) is 5. The van der Waals surface area contributed by atoms with Crippen LogP contribution in [0.2, 0.25) is 0 Å². The zero-order valence-corrected chi connectivity index (χ0v) is 8.81. The Morgan fingerprint density at radius 3 is 2.76 bits per heavy atom. The smallest absolute Gasteiger partial charge is 0.415 e. The SMILES string of the molecule is CCOC(=O)NC(=O)Nc1cnc(C(=O)O)[nH]1. The summed E-state index contributed by atoms with van der Waals surface area (Å²) < 4.78 is 4.46. The van der Waals surface area contributed by atoms with Gasteiger partial charge in [-0.25, -0.2) is 24.7 Å². The van der Waals surface area contributed by atoms with Crippen molar-refractivity contribution in [2.75, 3.05) is 11.9 Å². The van der Waals surface area contributed by atoms with E-state index in [1.54, 1.807) is 6.92 Å². The molecule has 0 atom stereocenters. The molecule has 0 aromatic carbocycles. The topological polar surface area (TPSA) is 133 Å². The van der Waals surface area contributed by atoms with Gasteiger partial charge >= 0.3 is 18.1 Å². The molecule has 0 unspecified atom stereocenters. The van der Waals surface area contributed by atoms with Crippen LogP contribution in [0.15, 0.2) is 6.20 Å². The first kappa shape index (κ1) is 12.5.